The molecule has 0 aliphatic heterocycles. The molecule has 0 radical (unpaired) electrons. The zero-order chi connectivity index (χ0) is 17.4. The summed E-state index contributed by atoms with van der Waals surface area (Å²) in [5.41, 5.74) is 0.643. The first-order valence-electron chi connectivity index (χ1n) is 7.44. The zero-order valence-corrected chi connectivity index (χ0v) is 12.8. The average molecular weight is 339 g/mol. The van der Waals surface area contributed by atoms with Gasteiger partial charge < -0.3 is 0 Å². The predicted octanol–water partition coefficient (Wildman–Crippen LogP) is 2.30. The van der Waals surface area contributed by atoms with Crippen molar-refractivity contribution in [3.05, 3.63) is 82.4 Å². The van der Waals surface area contributed by atoms with Gasteiger partial charge in [0.1, 0.15) is 17.8 Å². The van der Waals surface area contributed by atoms with Gasteiger partial charge in [-0.3, -0.25) is 9.36 Å². The molecule has 0 aliphatic rings. The molecule has 0 fully saturated rings. The lowest BCUT2D eigenvalue weighted by molar-refractivity contribution is 0.573. The third-order valence-corrected chi connectivity index (χ3v) is 3.76. The van der Waals surface area contributed by atoms with Gasteiger partial charge in [0.15, 0.2) is 17.0 Å². The quantitative estimate of drug-likeness (QED) is 0.574. The molecule has 0 amide bonds. The van der Waals surface area contributed by atoms with Crippen LogP contribution in [0.4, 0.5) is 8.78 Å². The number of hydrogen-bond acceptors (Lipinski definition) is 4. The van der Waals surface area contributed by atoms with Gasteiger partial charge in [-0.25, -0.2) is 13.8 Å². The second-order valence-corrected chi connectivity index (χ2v) is 5.43. The fraction of sp³-hybridized carbons (Fsp3) is 0.0588. The molecule has 4 aromatic rings. The van der Waals surface area contributed by atoms with Crippen molar-refractivity contribution in [1.82, 2.24) is 24.5 Å². The van der Waals surface area contributed by atoms with E-state index in [0.29, 0.717) is 6.54 Å². The first-order valence-corrected chi connectivity index (χ1v) is 7.44. The van der Waals surface area contributed by atoms with Gasteiger partial charge in [-0.1, -0.05) is 35.5 Å². The Morgan fingerprint density at radius 2 is 1.84 bits per heavy atom. The summed E-state index contributed by atoms with van der Waals surface area (Å²) < 4.78 is 29.5. The van der Waals surface area contributed by atoms with Gasteiger partial charge in [0.2, 0.25) is 0 Å². The van der Waals surface area contributed by atoms with Crippen LogP contribution in [0.3, 0.4) is 0 Å². The second-order valence-electron chi connectivity index (χ2n) is 5.43. The molecule has 0 saturated heterocycles. The molecular formula is C17H11F2N5O. The molecule has 0 aliphatic carbocycles. The molecule has 0 unspecified atom stereocenters. The van der Waals surface area contributed by atoms with E-state index in [1.54, 1.807) is 0 Å². The van der Waals surface area contributed by atoms with Crippen LogP contribution in [-0.2, 0) is 6.54 Å². The Labute approximate surface area is 140 Å². The molecule has 2 heterocycles. The summed E-state index contributed by atoms with van der Waals surface area (Å²) in [6.45, 7) is 0.334. The Bertz CT molecular complexity index is 1120. The van der Waals surface area contributed by atoms with Crippen LogP contribution in [0.5, 0.6) is 0 Å². The average Bonchev–Trinajstić information content (AvgIpc) is 3.03. The highest BCUT2D eigenvalue weighted by molar-refractivity contribution is 5.70. The molecule has 8 heteroatoms. The lowest BCUT2D eigenvalue weighted by Crippen LogP contribution is -2.21. The maximum Gasteiger partial charge on any atom is 0.283 e. The van der Waals surface area contributed by atoms with Crippen LogP contribution in [0, 0.1) is 11.6 Å². The molecule has 25 heavy (non-hydrogen) atoms. The van der Waals surface area contributed by atoms with Crippen molar-refractivity contribution < 1.29 is 8.78 Å². The molecular weight excluding hydrogens is 328 g/mol. The Hall–Kier alpha value is -3.42. The van der Waals surface area contributed by atoms with Crippen LogP contribution < -0.4 is 5.56 Å². The number of benzene rings is 2. The predicted molar refractivity (Wildman–Crippen MR) is 86.4 cm³/mol. The highest BCUT2D eigenvalue weighted by Gasteiger charge is 2.16. The molecule has 4 rings (SSSR count). The summed E-state index contributed by atoms with van der Waals surface area (Å²) in [5, 5.41) is 7.61. The van der Waals surface area contributed by atoms with Gasteiger partial charge in [0, 0.05) is 6.07 Å². The fourth-order valence-electron chi connectivity index (χ4n) is 2.55. The van der Waals surface area contributed by atoms with Gasteiger partial charge in [0.05, 0.1) is 6.54 Å². The molecule has 2 aromatic heterocycles. The van der Waals surface area contributed by atoms with Crippen molar-refractivity contribution in [2.24, 2.45) is 0 Å². The largest absolute Gasteiger partial charge is 0.293 e. The number of aromatic nitrogens is 5. The van der Waals surface area contributed by atoms with Gasteiger partial charge in [-0.15, -0.1) is 5.10 Å². The summed E-state index contributed by atoms with van der Waals surface area (Å²) in [6.07, 6.45) is 1.36. The minimum atomic E-state index is -0.818. The van der Waals surface area contributed by atoms with E-state index in [1.807, 2.05) is 30.3 Å². The lowest BCUT2D eigenvalue weighted by Gasteiger charge is -2.06. The van der Waals surface area contributed by atoms with E-state index in [4.69, 9.17) is 0 Å². The van der Waals surface area contributed by atoms with Crippen LogP contribution in [-0.4, -0.2) is 24.5 Å². The smallest absolute Gasteiger partial charge is 0.283 e. The molecule has 124 valence electrons. The third kappa shape index (κ3) is 2.67. The van der Waals surface area contributed by atoms with Gasteiger partial charge >= 0.3 is 0 Å². The SMILES string of the molecule is O=c1c2nnn(-c3ccc(F)cc3F)c2ncn1Cc1ccccc1. The molecule has 0 saturated carbocycles. The maximum absolute atomic E-state index is 14.0. The Morgan fingerprint density at radius 3 is 2.60 bits per heavy atom. The molecule has 0 atom stereocenters. The van der Waals surface area contributed by atoms with E-state index < -0.39 is 11.6 Å². The Balaban J connectivity index is 1.81. The molecule has 0 N–H and O–H groups in total. The van der Waals surface area contributed by atoms with E-state index in [0.717, 1.165) is 22.4 Å². The Kier molecular flexibility index (Phi) is 3.57. The molecule has 0 spiro atoms. The van der Waals surface area contributed by atoms with Crippen molar-refractivity contribution in [3.63, 3.8) is 0 Å². The summed E-state index contributed by atoms with van der Waals surface area (Å²) >= 11 is 0. The summed E-state index contributed by atoms with van der Waals surface area (Å²) in [4.78, 5) is 16.7. The highest BCUT2D eigenvalue weighted by atomic mass is 19.1. The Morgan fingerprint density at radius 1 is 1.04 bits per heavy atom. The van der Waals surface area contributed by atoms with Crippen molar-refractivity contribution in [2.45, 2.75) is 6.54 Å². The summed E-state index contributed by atoms with van der Waals surface area (Å²) in [7, 11) is 0. The standard InChI is InChI=1S/C17H11F2N5O/c18-12-6-7-14(13(19)8-12)24-16-15(21-22-24)17(25)23(10-20-16)9-11-4-2-1-3-5-11/h1-8,10H,9H2. The maximum atomic E-state index is 14.0. The van der Waals surface area contributed by atoms with Crippen LogP contribution in [0.15, 0.2) is 59.7 Å². The van der Waals surface area contributed by atoms with Crippen molar-refractivity contribution in [2.75, 3.05) is 0 Å². The van der Waals surface area contributed by atoms with Crippen LogP contribution >= 0.6 is 0 Å². The highest BCUT2D eigenvalue weighted by Crippen LogP contribution is 2.16. The minimum absolute atomic E-state index is 0.0159. The number of nitrogens with zero attached hydrogens (tertiary/aromatic N) is 5. The second kappa shape index (κ2) is 5.90. The molecule has 2 aromatic carbocycles. The summed E-state index contributed by atoms with van der Waals surface area (Å²) in [5.74, 6) is -1.52. The zero-order valence-electron chi connectivity index (χ0n) is 12.8. The lowest BCUT2D eigenvalue weighted by atomic mass is 10.2. The third-order valence-electron chi connectivity index (χ3n) is 3.76. The summed E-state index contributed by atoms with van der Waals surface area (Å²) in [6, 6.07) is 12.5. The number of hydrogen-bond donors (Lipinski definition) is 0. The molecule has 0 bridgehead atoms. The number of halogens is 2. The first-order chi connectivity index (χ1) is 12.1. The van der Waals surface area contributed by atoms with Crippen LogP contribution in [0.25, 0.3) is 16.9 Å². The number of rotatable bonds is 3. The van der Waals surface area contributed by atoms with Gasteiger partial charge in [-0.2, -0.15) is 4.68 Å². The molecule has 6 nitrogen and oxygen atoms in total. The first kappa shape index (κ1) is 15.1. The van der Waals surface area contributed by atoms with E-state index >= 15 is 0 Å². The van der Waals surface area contributed by atoms with E-state index in [9.17, 15) is 13.6 Å². The fourth-order valence-corrected chi connectivity index (χ4v) is 2.55. The number of fused-ring (bicyclic) bond motifs is 1. The topological polar surface area (TPSA) is 65.6 Å². The normalized spacial score (nSPS) is 11.1. The van der Waals surface area contributed by atoms with E-state index in [1.165, 1.54) is 17.0 Å². The minimum Gasteiger partial charge on any atom is -0.293 e. The van der Waals surface area contributed by atoms with Gasteiger partial charge in [0.25, 0.3) is 5.56 Å². The van der Waals surface area contributed by atoms with Crippen LogP contribution in [0.2, 0.25) is 0 Å². The van der Waals surface area contributed by atoms with Crippen molar-refractivity contribution >= 4 is 11.2 Å². The van der Waals surface area contributed by atoms with Crippen molar-refractivity contribution in [3.8, 4) is 5.69 Å². The van der Waals surface area contributed by atoms with Gasteiger partial charge in [-0.05, 0) is 17.7 Å². The van der Waals surface area contributed by atoms with E-state index in [-0.39, 0.29) is 22.4 Å². The van der Waals surface area contributed by atoms with Crippen LogP contribution in [0.1, 0.15) is 5.56 Å². The van der Waals surface area contributed by atoms with Crippen molar-refractivity contribution in [1.29, 1.82) is 0 Å². The monoisotopic (exact) mass is 339 g/mol. The van der Waals surface area contributed by atoms with E-state index in [2.05, 4.69) is 15.3 Å².